The summed E-state index contributed by atoms with van der Waals surface area (Å²) in [4.78, 5) is 36.0. The molecule has 1 N–H and O–H groups in total. The van der Waals surface area contributed by atoms with Crippen molar-refractivity contribution in [3.05, 3.63) is 79.6 Å². The predicted molar refractivity (Wildman–Crippen MR) is 93.6 cm³/mol. The van der Waals surface area contributed by atoms with Crippen molar-refractivity contribution in [2.24, 2.45) is 0 Å². The number of hydrogen-bond donors (Lipinski definition) is 1. The van der Waals surface area contributed by atoms with E-state index in [0.29, 0.717) is 5.02 Å². The number of carbonyl (C=O) groups is 1. The summed E-state index contributed by atoms with van der Waals surface area (Å²) in [6.07, 6.45) is 4.17. The Labute approximate surface area is 152 Å². The zero-order valence-electron chi connectivity index (χ0n) is 13.7. The van der Waals surface area contributed by atoms with Crippen molar-refractivity contribution in [2.45, 2.75) is 19.4 Å². The third-order valence-corrected chi connectivity index (χ3v) is 4.41. The van der Waals surface area contributed by atoms with Gasteiger partial charge in [-0.15, -0.1) is 0 Å². The van der Waals surface area contributed by atoms with E-state index in [1.807, 2.05) is 0 Å². The molecule has 2 aromatic heterocycles. The fourth-order valence-corrected chi connectivity index (χ4v) is 2.93. The van der Waals surface area contributed by atoms with E-state index in [1.54, 1.807) is 24.3 Å². The smallest absolute Gasteiger partial charge is 0.279 e. The number of aromatic nitrogens is 2. The van der Waals surface area contributed by atoms with Crippen LogP contribution in [0.3, 0.4) is 0 Å². The molecule has 3 aromatic rings. The van der Waals surface area contributed by atoms with Crippen LogP contribution in [0.2, 0.25) is 5.02 Å². The second kappa shape index (κ2) is 6.68. The minimum absolute atomic E-state index is 0.160. The van der Waals surface area contributed by atoms with Crippen molar-refractivity contribution in [1.29, 1.82) is 0 Å². The molecule has 0 spiro atoms. The topological polar surface area (TPSA) is 104 Å². The van der Waals surface area contributed by atoms with E-state index in [9.17, 15) is 24.6 Å². The highest BCUT2D eigenvalue weighted by Crippen LogP contribution is 2.17. The highest BCUT2D eigenvalue weighted by Gasteiger charge is 2.18. The van der Waals surface area contributed by atoms with Gasteiger partial charge in [-0.05, 0) is 17.7 Å². The largest absolute Gasteiger partial charge is 0.550 e. The molecule has 1 atom stereocenters. The Balaban J connectivity index is 2.17. The molecule has 2 heterocycles. The lowest BCUT2D eigenvalue weighted by atomic mass is 10.0. The minimum Gasteiger partial charge on any atom is -0.550 e. The van der Waals surface area contributed by atoms with Crippen LogP contribution in [0.1, 0.15) is 24.0 Å². The molecule has 0 saturated carbocycles. The predicted octanol–water partition coefficient (Wildman–Crippen LogP) is 0.722. The first kappa shape index (κ1) is 17.8. The van der Waals surface area contributed by atoms with Gasteiger partial charge in [-0.1, -0.05) is 30.7 Å². The molecule has 0 amide bonds. The maximum absolute atomic E-state index is 12.7. The van der Waals surface area contributed by atoms with Gasteiger partial charge in [0.05, 0.1) is 6.54 Å². The van der Waals surface area contributed by atoms with E-state index in [0.717, 1.165) is 5.56 Å². The third kappa shape index (κ3) is 3.09. The Morgan fingerprint density at radius 3 is 2.69 bits per heavy atom. The number of carbonyl (C=O) groups excluding carboxylic acids is 1. The molecule has 0 fully saturated rings. The number of halogens is 1. The number of hydrogen-bond acceptors (Lipinski definition) is 5. The number of carboxylic acids is 1. The van der Waals surface area contributed by atoms with Gasteiger partial charge >= 0.3 is 0 Å². The molecule has 0 aliphatic carbocycles. The highest BCUT2D eigenvalue weighted by molar-refractivity contribution is 6.30. The van der Waals surface area contributed by atoms with Crippen molar-refractivity contribution in [3.8, 4) is 5.75 Å². The zero-order chi connectivity index (χ0) is 19.0. The van der Waals surface area contributed by atoms with E-state index in [2.05, 4.69) is 0 Å². The van der Waals surface area contributed by atoms with Gasteiger partial charge in [0.2, 0.25) is 5.43 Å². The van der Waals surface area contributed by atoms with Crippen molar-refractivity contribution in [2.75, 3.05) is 0 Å². The quantitative estimate of drug-likeness (QED) is 0.725. The highest BCUT2D eigenvalue weighted by atomic mass is 35.5. The Morgan fingerprint density at radius 1 is 1.31 bits per heavy atom. The van der Waals surface area contributed by atoms with Gasteiger partial charge in [-0.3, -0.25) is 9.59 Å². The van der Waals surface area contributed by atoms with Crippen molar-refractivity contribution in [3.63, 3.8) is 0 Å². The molecule has 0 radical (unpaired) electrons. The second-order valence-electron chi connectivity index (χ2n) is 5.92. The van der Waals surface area contributed by atoms with Crippen LogP contribution >= 0.6 is 11.6 Å². The molecule has 0 saturated heterocycles. The number of nitrogens with zero attached hydrogens (tertiary/aromatic N) is 2. The number of rotatable bonds is 4. The molecule has 134 valence electrons. The fraction of sp³-hybridized carbons (Fsp3) is 0.167. The lowest BCUT2D eigenvalue weighted by Gasteiger charge is -2.15. The van der Waals surface area contributed by atoms with Gasteiger partial charge < -0.3 is 24.0 Å². The van der Waals surface area contributed by atoms with Crippen LogP contribution in [0.25, 0.3) is 5.52 Å². The van der Waals surface area contributed by atoms with Crippen molar-refractivity contribution in [1.82, 2.24) is 8.97 Å². The van der Waals surface area contributed by atoms with E-state index < -0.39 is 28.6 Å². The number of aliphatic carboxylic acids is 1. The number of carboxylic acid groups (broad SMARTS) is 1. The normalized spacial score (nSPS) is 12.2. The SMILES string of the molecule is CC(C(=O)[O-])c1cn2ccn(Cc3cccc(Cl)c3)c(=O)c2c(O)c1=O. The van der Waals surface area contributed by atoms with Gasteiger partial charge in [-0.25, -0.2) is 0 Å². The van der Waals surface area contributed by atoms with Crippen LogP contribution in [0.4, 0.5) is 0 Å². The summed E-state index contributed by atoms with van der Waals surface area (Å²) in [7, 11) is 0. The van der Waals surface area contributed by atoms with Crippen LogP contribution in [0.5, 0.6) is 5.75 Å². The van der Waals surface area contributed by atoms with E-state index >= 15 is 0 Å². The van der Waals surface area contributed by atoms with Gasteiger partial charge in [0, 0.05) is 41.1 Å². The first-order valence-corrected chi connectivity index (χ1v) is 8.10. The first-order chi connectivity index (χ1) is 12.3. The molecule has 1 unspecified atom stereocenters. The fourth-order valence-electron chi connectivity index (χ4n) is 2.72. The molecule has 7 nitrogen and oxygen atoms in total. The summed E-state index contributed by atoms with van der Waals surface area (Å²) in [5, 5.41) is 21.8. The maximum Gasteiger partial charge on any atom is 0.279 e. The lowest BCUT2D eigenvalue weighted by Crippen LogP contribution is -2.32. The van der Waals surface area contributed by atoms with Gasteiger partial charge in [-0.2, -0.15) is 0 Å². The Morgan fingerprint density at radius 2 is 2.04 bits per heavy atom. The van der Waals surface area contributed by atoms with E-state index in [-0.39, 0.29) is 17.6 Å². The molecule has 3 rings (SSSR count). The molecule has 0 aliphatic heterocycles. The minimum atomic E-state index is -1.45. The lowest BCUT2D eigenvalue weighted by molar-refractivity contribution is -0.307. The molecular formula is C18H14ClN2O5-. The standard InChI is InChI=1S/C18H15ClN2O5/c1-10(18(25)26)13-9-20-5-6-21(8-11-3-2-4-12(19)7-11)17(24)14(20)16(23)15(13)22/h2-7,9-10,23H,8H2,1H3,(H,25,26)/p-1. The summed E-state index contributed by atoms with van der Waals surface area (Å²) in [5.74, 6) is -3.46. The monoisotopic (exact) mass is 373 g/mol. The van der Waals surface area contributed by atoms with Crippen LogP contribution in [-0.2, 0) is 11.3 Å². The van der Waals surface area contributed by atoms with Gasteiger partial charge in [0.1, 0.15) is 0 Å². The summed E-state index contributed by atoms with van der Waals surface area (Å²) < 4.78 is 2.56. The summed E-state index contributed by atoms with van der Waals surface area (Å²) in [5.41, 5.74) is -1.11. The first-order valence-electron chi connectivity index (χ1n) is 7.72. The van der Waals surface area contributed by atoms with Crippen LogP contribution in [0, 0.1) is 0 Å². The molecule has 0 aliphatic rings. The van der Waals surface area contributed by atoms with E-state index in [4.69, 9.17) is 11.6 Å². The van der Waals surface area contributed by atoms with Gasteiger partial charge in [0.15, 0.2) is 11.3 Å². The number of fused-ring (bicyclic) bond motifs is 1. The van der Waals surface area contributed by atoms with Crippen LogP contribution < -0.4 is 16.1 Å². The third-order valence-electron chi connectivity index (χ3n) is 4.17. The van der Waals surface area contributed by atoms with Crippen LogP contribution in [-0.4, -0.2) is 20.0 Å². The second-order valence-corrected chi connectivity index (χ2v) is 6.36. The maximum atomic E-state index is 12.7. The molecular weight excluding hydrogens is 360 g/mol. The zero-order valence-corrected chi connectivity index (χ0v) is 14.4. The van der Waals surface area contributed by atoms with Gasteiger partial charge in [0.25, 0.3) is 5.56 Å². The average molecular weight is 374 g/mol. The molecule has 1 aromatic carbocycles. The summed E-state index contributed by atoms with van der Waals surface area (Å²) in [6.45, 7) is 1.47. The molecule has 8 heteroatoms. The Kier molecular flexibility index (Phi) is 4.56. The number of pyridine rings is 1. The summed E-state index contributed by atoms with van der Waals surface area (Å²) >= 11 is 5.94. The Hall–Kier alpha value is -3.06. The Bertz CT molecular complexity index is 1130. The number of benzene rings is 1. The van der Waals surface area contributed by atoms with Crippen molar-refractivity contribution < 1.29 is 15.0 Å². The molecule has 26 heavy (non-hydrogen) atoms. The number of aromatic hydroxyl groups is 1. The van der Waals surface area contributed by atoms with E-state index in [1.165, 1.54) is 34.5 Å². The molecule has 0 bridgehead atoms. The van der Waals surface area contributed by atoms with Crippen LogP contribution in [0.15, 0.2) is 52.4 Å². The average Bonchev–Trinajstić information content (AvgIpc) is 2.59. The summed E-state index contributed by atoms with van der Waals surface area (Å²) in [6, 6.07) is 6.95. The van der Waals surface area contributed by atoms with Crippen molar-refractivity contribution >= 4 is 23.1 Å².